The highest BCUT2D eigenvalue weighted by Crippen LogP contribution is 2.20. The number of nitrogens with zero attached hydrogens (tertiary/aromatic N) is 1. The van der Waals surface area contributed by atoms with Gasteiger partial charge in [-0.25, -0.2) is 13.4 Å². The fraction of sp³-hybridized carbons (Fsp3) is 0.300. The SMILES string of the molecule is COc1cccnc1S(=O)(=O)N[C@@H](CC(=O)O)C(=O)O. The lowest BCUT2D eigenvalue weighted by Crippen LogP contribution is -2.42. The number of rotatable bonds is 7. The smallest absolute Gasteiger partial charge is 0.322 e. The van der Waals surface area contributed by atoms with Crippen molar-refractivity contribution in [1.82, 2.24) is 9.71 Å². The monoisotopic (exact) mass is 304 g/mol. The zero-order valence-corrected chi connectivity index (χ0v) is 11.1. The Morgan fingerprint density at radius 3 is 2.60 bits per heavy atom. The number of hydrogen-bond acceptors (Lipinski definition) is 6. The topological polar surface area (TPSA) is 143 Å². The van der Waals surface area contributed by atoms with E-state index in [0.29, 0.717) is 0 Å². The first kappa shape index (κ1) is 15.9. The van der Waals surface area contributed by atoms with Crippen LogP contribution in [0.15, 0.2) is 23.4 Å². The van der Waals surface area contributed by atoms with Crippen molar-refractivity contribution in [2.45, 2.75) is 17.5 Å². The van der Waals surface area contributed by atoms with Gasteiger partial charge in [0.1, 0.15) is 6.04 Å². The Morgan fingerprint density at radius 1 is 1.45 bits per heavy atom. The van der Waals surface area contributed by atoms with Gasteiger partial charge in [-0.3, -0.25) is 9.59 Å². The van der Waals surface area contributed by atoms with E-state index in [2.05, 4.69) is 4.98 Å². The van der Waals surface area contributed by atoms with Gasteiger partial charge in [-0.2, -0.15) is 4.72 Å². The molecule has 1 aromatic rings. The quantitative estimate of drug-likeness (QED) is 0.600. The highest BCUT2D eigenvalue weighted by Gasteiger charge is 2.30. The predicted molar refractivity (Wildman–Crippen MR) is 64.8 cm³/mol. The molecule has 0 amide bonds. The summed E-state index contributed by atoms with van der Waals surface area (Å²) in [6, 6.07) is 0.961. The van der Waals surface area contributed by atoms with Crippen LogP contribution in [0, 0.1) is 0 Å². The van der Waals surface area contributed by atoms with Gasteiger partial charge in [-0.15, -0.1) is 0 Å². The standard InChI is InChI=1S/C10H12N2O7S/c1-19-7-3-2-4-11-9(7)20(17,18)12-6(10(15)16)5-8(13)14/h2-4,6,12H,5H2,1H3,(H,13,14)(H,15,16)/t6-/m0/s1. The Kier molecular flexibility index (Phi) is 5.00. The molecule has 1 rings (SSSR count). The van der Waals surface area contributed by atoms with Crippen molar-refractivity contribution in [2.75, 3.05) is 7.11 Å². The molecule has 1 heterocycles. The van der Waals surface area contributed by atoms with E-state index >= 15 is 0 Å². The summed E-state index contributed by atoms with van der Waals surface area (Å²) in [5.74, 6) is -3.14. The third-order valence-electron chi connectivity index (χ3n) is 2.18. The van der Waals surface area contributed by atoms with E-state index < -0.39 is 39.5 Å². The molecule has 9 nitrogen and oxygen atoms in total. The van der Waals surface area contributed by atoms with Gasteiger partial charge in [-0.1, -0.05) is 0 Å². The Bertz CT molecular complexity index is 614. The lowest BCUT2D eigenvalue weighted by Gasteiger charge is -2.13. The average Bonchev–Trinajstić information content (AvgIpc) is 2.37. The van der Waals surface area contributed by atoms with Crippen molar-refractivity contribution in [3.63, 3.8) is 0 Å². The fourth-order valence-corrected chi connectivity index (χ4v) is 2.62. The number of sulfonamides is 1. The molecule has 0 bridgehead atoms. The summed E-state index contributed by atoms with van der Waals surface area (Å²) < 4.78 is 30.6. The maximum Gasteiger partial charge on any atom is 0.322 e. The molecule has 20 heavy (non-hydrogen) atoms. The molecule has 0 saturated heterocycles. The van der Waals surface area contributed by atoms with Gasteiger partial charge in [0, 0.05) is 6.20 Å². The van der Waals surface area contributed by atoms with E-state index in [1.54, 1.807) is 4.72 Å². The largest absolute Gasteiger partial charge is 0.494 e. The van der Waals surface area contributed by atoms with Crippen LogP contribution in [-0.4, -0.2) is 48.7 Å². The van der Waals surface area contributed by atoms with Crippen molar-refractivity contribution >= 4 is 22.0 Å². The van der Waals surface area contributed by atoms with Crippen molar-refractivity contribution in [3.8, 4) is 5.75 Å². The lowest BCUT2D eigenvalue weighted by atomic mass is 10.2. The maximum absolute atomic E-state index is 12.0. The second-order valence-corrected chi connectivity index (χ2v) is 5.25. The zero-order valence-electron chi connectivity index (χ0n) is 10.3. The number of nitrogens with one attached hydrogen (secondary N) is 1. The number of aliphatic carboxylic acids is 2. The predicted octanol–water partition coefficient (Wildman–Crippen LogP) is -0.704. The molecule has 10 heteroatoms. The number of carboxylic acid groups (broad SMARTS) is 2. The first-order valence-corrected chi connectivity index (χ1v) is 6.72. The molecule has 110 valence electrons. The first-order chi connectivity index (χ1) is 9.27. The number of hydrogen-bond donors (Lipinski definition) is 3. The summed E-state index contributed by atoms with van der Waals surface area (Å²) in [7, 11) is -3.10. The van der Waals surface area contributed by atoms with Crippen LogP contribution in [0.4, 0.5) is 0 Å². The molecule has 0 radical (unpaired) electrons. The molecule has 0 spiro atoms. The van der Waals surface area contributed by atoms with Crippen molar-refractivity contribution in [1.29, 1.82) is 0 Å². The Hall–Kier alpha value is -2.20. The van der Waals surface area contributed by atoms with Crippen molar-refractivity contribution in [2.24, 2.45) is 0 Å². The van der Waals surface area contributed by atoms with Crippen molar-refractivity contribution < 1.29 is 33.0 Å². The Morgan fingerprint density at radius 2 is 2.10 bits per heavy atom. The maximum atomic E-state index is 12.0. The molecule has 3 N–H and O–H groups in total. The summed E-state index contributed by atoms with van der Waals surface area (Å²) >= 11 is 0. The van der Waals surface area contributed by atoms with Crippen LogP contribution < -0.4 is 9.46 Å². The van der Waals surface area contributed by atoms with Gasteiger partial charge in [0.2, 0.25) is 5.03 Å². The Labute approximate surface area is 114 Å². The van der Waals surface area contributed by atoms with Crippen LogP contribution in [0.1, 0.15) is 6.42 Å². The minimum Gasteiger partial charge on any atom is -0.494 e. The number of carboxylic acids is 2. The highest BCUT2D eigenvalue weighted by molar-refractivity contribution is 7.89. The third-order valence-corrected chi connectivity index (χ3v) is 3.60. The van der Waals surface area contributed by atoms with E-state index in [-0.39, 0.29) is 5.75 Å². The third kappa shape index (κ3) is 3.90. The van der Waals surface area contributed by atoms with Crippen LogP contribution in [0.2, 0.25) is 0 Å². The number of aromatic nitrogens is 1. The zero-order chi connectivity index (χ0) is 15.3. The van der Waals surface area contributed by atoms with E-state index in [9.17, 15) is 18.0 Å². The molecule has 0 aromatic carbocycles. The van der Waals surface area contributed by atoms with Crippen LogP contribution >= 0.6 is 0 Å². The van der Waals surface area contributed by atoms with E-state index in [1.165, 1.54) is 25.4 Å². The van der Waals surface area contributed by atoms with E-state index in [0.717, 1.165) is 0 Å². The van der Waals surface area contributed by atoms with Crippen LogP contribution in [0.25, 0.3) is 0 Å². The van der Waals surface area contributed by atoms with Gasteiger partial charge in [0.15, 0.2) is 5.75 Å². The molecule has 1 aromatic heterocycles. The minimum absolute atomic E-state index is 0.0838. The summed E-state index contributed by atoms with van der Waals surface area (Å²) in [6.45, 7) is 0. The van der Waals surface area contributed by atoms with E-state index in [1.807, 2.05) is 0 Å². The highest BCUT2D eigenvalue weighted by atomic mass is 32.2. The second kappa shape index (κ2) is 6.30. The Balaban J connectivity index is 3.09. The molecule has 0 aliphatic rings. The molecular formula is C10H12N2O7S. The minimum atomic E-state index is -4.32. The molecule has 1 atom stereocenters. The van der Waals surface area contributed by atoms with Crippen LogP contribution in [-0.2, 0) is 19.6 Å². The lowest BCUT2D eigenvalue weighted by molar-refractivity contribution is -0.145. The molecule has 0 aliphatic carbocycles. The van der Waals surface area contributed by atoms with Gasteiger partial charge in [-0.05, 0) is 12.1 Å². The normalized spacial score (nSPS) is 12.7. The summed E-state index contributed by atoms with van der Waals surface area (Å²) in [5, 5.41) is 16.9. The number of carbonyl (C=O) groups is 2. The molecular weight excluding hydrogens is 292 g/mol. The van der Waals surface area contributed by atoms with Crippen molar-refractivity contribution in [3.05, 3.63) is 18.3 Å². The van der Waals surface area contributed by atoms with Gasteiger partial charge in [0.25, 0.3) is 10.0 Å². The number of methoxy groups -OCH3 is 1. The summed E-state index contributed by atoms with van der Waals surface area (Å²) in [5.41, 5.74) is 0. The van der Waals surface area contributed by atoms with Crippen LogP contribution in [0.5, 0.6) is 5.75 Å². The van der Waals surface area contributed by atoms with Crippen LogP contribution in [0.3, 0.4) is 0 Å². The summed E-state index contributed by atoms with van der Waals surface area (Å²) in [4.78, 5) is 25.0. The average molecular weight is 304 g/mol. The number of ether oxygens (including phenoxy) is 1. The first-order valence-electron chi connectivity index (χ1n) is 5.24. The number of pyridine rings is 1. The molecule has 0 saturated carbocycles. The van der Waals surface area contributed by atoms with Gasteiger partial charge >= 0.3 is 11.9 Å². The molecule has 0 aliphatic heterocycles. The fourth-order valence-electron chi connectivity index (χ4n) is 1.33. The molecule has 0 fully saturated rings. The summed E-state index contributed by atoms with van der Waals surface area (Å²) in [6.07, 6.45) is 0.285. The van der Waals surface area contributed by atoms with E-state index in [4.69, 9.17) is 14.9 Å². The van der Waals surface area contributed by atoms with Gasteiger partial charge in [0.05, 0.1) is 13.5 Å². The second-order valence-electron chi connectivity index (χ2n) is 3.62. The molecule has 0 unspecified atom stereocenters. The van der Waals surface area contributed by atoms with Gasteiger partial charge < -0.3 is 14.9 Å².